The number of nitrogens with one attached hydrogen (secondary N) is 2. The standard InChI is InChI=1S/C12H15N3O6/c1-3-20-11(16)13-8-5-9(14-12(17)21-4-2)7-10(6-8)15(18)19/h5-7H,3-4H2,1-2H3,(H,13,16)(H,14,17). The topological polar surface area (TPSA) is 120 Å². The summed E-state index contributed by atoms with van der Waals surface area (Å²) in [7, 11) is 0. The second-order valence-corrected chi connectivity index (χ2v) is 3.72. The Morgan fingerprint density at radius 2 is 1.48 bits per heavy atom. The Hall–Kier alpha value is -2.84. The van der Waals surface area contributed by atoms with Crippen LogP contribution in [0.15, 0.2) is 18.2 Å². The summed E-state index contributed by atoms with van der Waals surface area (Å²) in [6.07, 6.45) is -1.50. The molecule has 21 heavy (non-hydrogen) atoms. The SMILES string of the molecule is CCOC(=O)Nc1cc(NC(=O)OCC)cc([N+](=O)[O-])c1. The summed E-state index contributed by atoms with van der Waals surface area (Å²) in [5, 5.41) is 15.5. The van der Waals surface area contributed by atoms with Crippen molar-refractivity contribution in [1.29, 1.82) is 0 Å². The van der Waals surface area contributed by atoms with Crippen LogP contribution in [-0.2, 0) is 9.47 Å². The molecular formula is C12H15N3O6. The summed E-state index contributed by atoms with van der Waals surface area (Å²) >= 11 is 0. The van der Waals surface area contributed by atoms with Gasteiger partial charge >= 0.3 is 12.2 Å². The van der Waals surface area contributed by atoms with Gasteiger partial charge in [-0.2, -0.15) is 0 Å². The maximum absolute atomic E-state index is 11.3. The Balaban J connectivity index is 2.97. The first-order valence-corrected chi connectivity index (χ1v) is 6.13. The number of amides is 2. The van der Waals surface area contributed by atoms with Crippen molar-refractivity contribution in [3.05, 3.63) is 28.3 Å². The largest absolute Gasteiger partial charge is 0.450 e. The Morgan fingerprint density at radius 1 is 1.05 bits per heavy atom. The zero-order valence-corrected chi connectivity index (χ0v) is 11.5. The molecule has 0 saturated heterocycles. The number of carbonyl (C=O) groups excluding carboxylic acids is 2. The van der Waals surface area contributed by atoms with Crippen LogP contribution >= 0.6 is 0 Å². The summed E-state index contributed by atoms with van der Waals surface area (Å²) in [5.74, 6) is 0. The van der Waals surface area contributed by atoms with Crippen molar-refractivity contribution >= 4 is 29.2 Å². The first-order valence-electron chi connectivity index (χ1n) is 6.13. The van der Waals surface area contributed by atoms with Crippen LogP contribution in [0.1, 0.15) is 13.8 Å². The predicted octanol–water partition coefficient (Wildman–Crippen LogP) is 2.73. The monoisotopic (exact) mass is 297 g/mol. The fourth-order valence-electron chi connectivity index (χ4n) is 1.43. The van der Waals surface area contributed by atoms with Crippen molar-refractivity contribution in [2.24, 2.45) is 0 Å². The Bertz CT molecular complexity index is 508. The number of non-ortho nitro benzene ring substituents is 1. The molecule has 0 heterocycles. The number of carbonyl (C=O) groups is 2. The van der Waals surface area contributed by atoms with Gasteiger partial charge in [0.2, 0.25) is 0 Å². The third-order valence-corrected chi connectivity index (χ3v) is 2.17. The Kier molecular flexibility index (Phi) is 5.93. The first-order chi connectivity index (χ1) is 9.96. The van der Waals surface area contributed by atoms with Crippen LogP contribution in [0, 0.1) is 10.1 Å². The maximum Gasteiger partial charge on any atom is 0.411 e. The summed E-state index contributed by atoms with van der Waals surface area (Å²) in [5.41, 5.74) is -0.0556. The van der Waals surface area contributed by atoms with Gasteiger partial charge in [-0.25, -0.2) is 9.59 Å². The van der Waals surface area contributed by atoms with Gasteiger partial charge in [0, 0.05) is 12.1 Å². The highest BCUT2D eigenvalue weighted by atomic mass is 16.6. The third kappa shape index (κ3) is 5.35. The molecule has 1 aromatic carbocycles. The van der Waals surface area contributed by atoms with Gasteiger partial charge < -0.3 is 9.47 Å². The van der Waals surface area contributed by atoms with Crippen molar-refractivity contribution in [3.8, 4) is 0 Å². The van der Waals surface area contributed by atoms with E-state index >= 15 is 0 Å². The molecule has 0 radical (unpaired) electrons. The van der Waals surface area contributed by atoms with Crippen LogP contribution in [0.2, 0.25) is 0 Å². The normalized spacial score (nSPS) is 9.62. The van der Waals surface area contributed by atoms with E-state index in [-0.39, 0.29) is 30.3 Å². The number of rotatable bonds is 5. The van der Waals surface area contributed by atoms with Crippen LogP contribution < -0.4 is 10.6 Å². The van der Waals surface area contributed by atoms with Crippen LogP contribution in [0.5, 0.6) is 0 Å². The molecule has 9 heteroatoms. The summed E-state index contributed by atoms with van der Waals surface area (Å²) < 4.78 is 9.35. The minimum atomic E-state index is -0.750. The number of nitro groups is 1. The smallest absolute Gasteiger partial charge is 0.411 e. The van der Waals surface area contributed by atoms with E-state index < -0.39 is 17.1 Å². The van der Waals surface area contributed by atoms with Gasteiger partial charge in [0.05, 0.1) is 29.5 Å². The van der Waals surface area contributed by atoms with Crippen LogP contribution in [-0.4, -0.2) is 30.3 Å². The highest BCUT2D eigenvalue weighted by Crippen LogP contribution is 2.24. The number of hydrogen-bond acceptors (Lipinski definition) is 6. The highest BCUT2D eigenvalue weighted by Gasteiger charge is 2.13. The van der Waals surface area contributed by atoms with Crippen molar-refractivity contribution < 1.29 is 24.0 Å². The molecule has 114 valence electrons. The quantitative estimate of drug-likeness (QED) is 0.637. The van der Waals surface area contributed by atoms with E-state index in [4.69, 9.17) is 0 Å². The lowest BCUT2D eigenvalue weighted by Gasteiger charge is -2.09. The van der Waals surface area contributed by atoms with Crippen LogP contribution in [0.25, 0.3) is 0 Å². The van der Waals surface area contributed by atoms with Gasteiger partial charge in [-0.05, 0) is 19.9 Å². The zero-order chi connectivity index (χ0) is 15.8. The predicted molar refractivity (Wildman–Crippen MR) is 74.4 cm³/mol. The second-order valence-electron chi connectivity index (χ2n) is 3.72. The fourth-order valence-corrected chi connectivity index (χ4v) is 1.43. The molecule has 0 aromatic heterocycles. The third-order valence-electron chi connectivity index (χ3n) is 2.17. The van der Waals surface area contributed by atoms with Crippen LogP contribution in [0.4, 0.5) is 26.7 Å². The molecule has 2 amide bonds. The summed E-state index contributed by atoms with van der Waals surface area (Å²) in [6, 6.07) is 3.64. The van der Waals surface area contributed by atoms with E-state index in [1.54, 1.807) is 13.8 Å². The lowest BCUT2D eigenvalue weighted by molar-refractivity contribution is -0.384. The summed E-state index contributed by atoms with van der Waals surface area (Å²) in [4.78, 5) is 32.8. The van der Waals surface area contributed by atoms with E-state index in [2.05, 4.69) is 20.1 Å². The lowest BCUT2D eigenvalue weighted by Crippen LogP contribution is -2.15. The minimum absolute atomic E-state index is 0.120. The van der Waals surface area contributed by atoms with Crippen LogP contribution in [0.3, 0.4) is 0 Å². The molecule has 1 rings (SSSR count). The van der Waals surface area contributed by atoms with Gasteiger partial charge in [-0.1, -0.05) is 0 Å². The van der Waals surface area contributed by atoms with Gasteiger partial charge in [0.25, 0.3) is 5.69 Å². The molecule has 0 aliphatic heterocycles. The maximum atomic E-state index is 11.3. The van der Waals surface area contributed by atoms with Crippen molar-refractivity contribution in [2.75, 3.05) is 23.8 Å². The number of anilines is 2. The molecule has 0 aliphatic carbocycles. The van der Waals surface area contributed by atoms with Crippen molar-refractivity contribution in [3.63, 3.8) is 0 Å². The lowest BCUT2D eigenvalue weighted by atomic mass is 10.2. The molecular weight excluding hydrogens is 282 g/mol. The average molecular weight is 297 g/mol. The van der Waals surface area contributed by atoms with Gasteiger partial charge in [0.15, 0.2) is 0 Å². The van der Waals surface area contributed by atoms with Crippen molar-refractivity contribution in [1.82, 2.24) is 0 Å². The Morgan fingerprint density at radius 3 is 1.81 bits per heavy atom. The fraction of sp³-hybridized carbons (Fsp3) is 0.333. The molecule has 9 nitrogen and oxygen atoms in total. The molecule has 0 atom stereocenters. The number of nitrogens with zero attached hydrogens (tertiary/aromatic N) is 1. The van der Waals surface area contributed by atoms with E-state index in [9.17, 15) is 19.7 Å². The number of ether oxygens (including phenoxy) is 2. The first kappa shape index (κ1) is 16.2. The molecule has 0 fully saturated rings. The van der Waals surface area contributed by atoms with E-state index in [0.29, 0.717) is 0 Å². The summed E-state index contributed by atoms with van der Waals surface area (Å²) in [6.45, 7) is 3.57. The van der Waals surface area contributed by atoms with E-state index in [0.717, 1.165) is 12.1 Å². The second kappa shape index (κ2) is 7.68. The molecule has 0 aliphatic rings. The minimum Gasteiger partial charge on any atom is -0.450 e. The van der Waals surface area contributed by atoms with Gasteiger partial charge in [-0.15, -0.1) is 0 Å². The number of hydrogen-bond donors (Lipinski definition) is 2. The molecule has 0 saturated carbocycles. The molecule has 0 bridgehead atoms. The van der Waals surface area contributed by atoms with Crippen molar-refractivity contribution in [2.45, 2.75) is 13.8 Å². The average Bonchev–Trinajstić information content (AvgIpc) is 2.38. The zero-order valence-electron chi connectivity index (χ0n) is 11.5. The highest BCUT2D eigenvalue weighted by molar-refractivity contribution is 5.89. The van der Waals surface area contributed by atoms with Gasteiger partial charge in [-0.3, -0.25) is 20.7 Å². The number of nitro benzene ring substituents is 1. The van der Waals surface area contributed by atoms with Gasteiger partial charge in [0.1, 0.15) is 0 Å². The molecule has 0 unspecified atom stereocenters. The van der Waals surface area contributed by atoms with E-state index in [1.807, 2.05) is 0 Å². The number of benzene rings is 1. The molecule has 2 N–H and O–H groups in total. The molecule has 1 aromatic rings. The van der Waals surface area contributed by atoms with E-state index in [1.165, 1.54) is 6.07 Å². The Labute approximate surface area is 120 Å². The molecule has 0 spiro atoms.